The van der Waals surface area contributed by atoms with Crippen molar-refractivity contribution in [1.82, 2.24) is 4.90 Å². The maximum Gasteiger partial charge on any atom is 0.124 e. The molecule has 1 aliphatic heterocycles. The molecule has 1 heterocycles. The van der Waals surface area contributed by atoms with Crippen molar-refractivity contribution in [1.29, 1.82) is 0 Å². The lowest BCUT2D eigenvalue weighted by molar-refractivity contribution is -0.0400. The van der Waals surface area contributed by atoms with E-state index >= 15 is 0 Å². The first-order valence-electron chi connectivity index (χ1n) is 7.13. The number of nitrogens with two attached hydrogens (primary N) is 1. The molecule has 3 nitrogen and oxygen atoms in total. The van der Waals surface area contributed by atoms with Crippen LogP contribution in [0.25, 0.3) is 0 Å². The van der Waals surface area contributed by atoms with E-state index < -0.39 is 0 Å². The van der Waals surface area contributed by atoms with Crippen LogP contribution in [0.15, 0.2) is 22.7 Å². The Morgan fingerprint density at radius 2 is 2.30 bits per heavy atom. The van der Waals surface area contributed by atoms with Crippen molar-refractivity contribution < 1.29 is 9.13 Å². The topological polar surface area (TPSA) is 38.5 Å². The second-order valence-corrected chi connectivity index (χ2v) is 6.27. The van der Waals surface area contributed by atoms with Crippen LogP contribution in [0.5, 0.6) is 0 Å². The zero-order valence-electron chi connectivity index (χ0n) is 11.8. The molecule has 1 aliphatic rings. The minimum absolute atomic E-state index is 0.0253. The lowest BCUT2D eigenvalue weighted by atomic mass is 10.0. The average Bonchev–Trinajstić information content (AvgIpc) is 2.38. The van der Waals surface area contributed by atoms with E-state index in [1.807, 2.05) is 6.07 Å². The molecule has 0 radical (unpaired) electrons. The van der Waals surface area contributed by atoms with E-state index in [9.17, 15) is 4.39 Å². The van der Waals surface area contributed by atoms with Crippen molar-refractivity contribution in [2.75, 3.05) is 26.2 Å². The van der Waals surface area contributed by atoms with Crippen LogP contribution in [0.3, 0.4) is 0 Å². The predicted octanol–water partition coefficient (Wildman–Crippen LogP) is 2.57. The summed E-state index contributed by atoms with van der Waals surface area (Å²) >= 11 is 3.31. The SMILES string of the molecule is CCCN1CCOC(C(N)Cc2cc(F)cc(Br)c2)C1. The highest BCUT2D eigenvalue weighted by Gasteiger charge is 2.25. The molecule has 0 spiro atoms. The normalized spacial score (nSPS) is 21.9. The van der Waals surface area contributed by atoms with Crippen molar-refractivity contribution >= 4 is 15.9 Å². The molecule has 2 unspecified atom stereocenters. The number of rotatable bonds is 5. The van der Waals surface area contributed by atoms with Gasteiger partial charge in [0.25, 0.3) is 0 Å². The van der Waals surface area contributed by atoms with Crippen molar-refractivity contribution in [2.24, 2.45) is 5.73 Å². The Labute approximate surface area is 128 Å². The molecule has 0 aromatic heterocycles. The fourth-order valence-corrected chi connectivity index (χ4v) is 3.16. The molecule has 2 rings (SSSR count). The van der Waals surface area contributed by atoms with Gasteiger partial charge in [-0.3, -0.25) is 4.90 Å². The quantitative estimate of drug-likeness (QED) is 0.892. The number of halogens is 2. The highest BCUT2D eigenvalue weighted by Crippen LogP contribution is 2.18. The van der Waals surface area contributed by atoms with Gasteiger partial charge in [0.15, 0.2) is 0 Å². The van der Waals surface area contributed by atoms with Crippen LogP contribution in [0, 0.1) is 5.82 Å². The zero-order valence-corrected chi connectivity index (χ0v) is 13.4. The van der Waals surface area contributed by atoms with Gasteiger partial charge in [0, 0.05) is 23.6 Å². The number of ether oxygens (including phenoxy) is 1. The lowest BCUT2D eigenvalue weighted by Crippen LogP contribution is -2.51. The van der Waals surface area contributed by atoms with Crippen LogP contribution in [0.1, 0.15) is 18.9 Å². The van der Waals surface area contributed by atoms with Gasteiger partial charge in [-0.15, -0.1) is 0 Å². The molecule has 0 amide bonds. The first-order valence-corrected chi connectivity index (χ1v) is 7.92. The van der Waals surface area contributed by atoms with E-state index in [-0.39, 0.29) is 18.0 Å². The molecule has 1 saturated heterocycles. The number of nitrogens with zero attached hydrogens (tertiary/aromatic N) is 1. The smallest absolute Gasteiger partial charge is 0.124 e. The first kappa shape index (κ1) is 15.9. The molecule has 20 heavy (non-hydrogen) atoms. The summed E-state index contributed by atoms with van der Waals surface area (Å²) in [6, 6.07) is 4.80. The van der Waals surface area contributed by atoms with Gasteiger partial charge in [0.1, 0.15) is 5.82 Å². The van der Waals surface area contributed by atoms with Gasteiger partial charge in [0.05, 0.1) is 12.7 Å². The van der Waals surface area contributed by atoms with Gasteiger partial charge in [-0.1, -0.05) is 22.9 Å². The third kappa shape index (κ3) is 4.52. The van der Waals surface area contributed by atoms with Crippen LogP contribution in [-0.2, 0) is 11.2 Å². The minimum Gasteiger partial charge on any atom is -0.374 e. The fourth-order valence-electron chi connectivity index (χ4n) is 2.64. The number of morpholine rings is 1. The van der Waals surface area contributed by atoms with Gasteiger partial charge in [-0.2, -0.15) is 0 Å². The minimum atomic E-state index is -0.237. The van der Waals surface area contributed by atoms with E-state index in [1.165, 1.54) is 12.1 Å². The van der Waals surface area contributed by atoms with E-state index in [1.54, 1.807) is 0 Å². The molecule has 2 N–H and O–H groups in total. The fraction of sp³-hybridized carbons (Fsp3) is 0.600. The standard InChI is InChI=1S/C15H22BrFN2O/c1-2-3-19-4-5-20-15(10-19)14(18)8-11-6-12(16)9-13(17)7-11/h6-7,9,14-15H,2-5,8,10,18H2,1H3. The summed E-state index contributed by atoms with van der Waals surface area (Å²) in [5.74, 6) is -0.237. The lowest BCUT2D eigenvalue weighted by Gasteiger charge is -2.35. The maximum absolute atomic E-state index is 13.4. The Bertz CT molecular complexity index is 422. The zero-order chi connectivity index (χ0) is 14.5. The van der Waals surface area contributed by atoms with Gasteiger partial charge in [0.2, 0.25) is 0 Å². The van der Waals surface area contributed by atoms with Gasteiger partial charge >= 0.3 is 0 Å². The van der Waals surface area contributed by atoms with Crippen molar-refractivity contribution in [3.8, 4) is 0 Å². The van der Waals surface area contributed by atoms with E-state index in [0.29, 0.717) is 6.42 Å². The van der Waals surface area contributed by atoms with Crippen molar-refractivity contribution in [2.45, 2.75) is 31.9 Å². The van der Waals surface area contributed by atoms with Crippen LogP contribution in [0.2, 0.25) is 0 Å². The molecule has 5 heteroatoms. The Kier molecular flexibility index (Phi) is 5.96. The van der Waals surface area contributed by atoms with Crippen LogP contribution < -0.4 is 5.73 Å². The Morgan fingerprint density at radius 1 is 1.50 bits per heavy atom. The van der Waals surface area contributed by atoms with E-state index in [2.05, 4.69) is 27.8 Å². The van der Waals surface area contributed by atoms with E-state index in [0.717, 1.165) is 42.7 Å². The van der Waals surface area contributed by atoms with Gasteiger partial charge in [-0.25, -0.2) is 4.39 Å². The molecular weight excluding hydrogens is 323 g/mol. The van der Waals surface area contributed by atoms with Gasteiger partial charge < -0.3 is 10.5 Å². The molecule has 2 atom stereocenters. The molecule has 0 bridgehead atoms. The maximum atomic E-state index is 13.4. The molecule has 0 saturated carbocycles. The van der Waals surface area contributed by atoms with Crippen LogP contribution in [0.4, 0.5) is 4.39 Å². The summed E-state index contributed by atoms with van der Waals surface area (Å²) in [6.07, 6.45) is 1.79. The highest BCUT2D eigenvalue weighted by molar-refractivity contribution is 9.10. The largest absolute Gasteiger partial charge is 0.374 e. The summed E-state index contributed by atoms with van der Waals surface area (Å²) in [7, 11) is 0. The second-order valence-electron chi connectivity index (χ2n) is 5.36. The molecule has 0 aliphatic carbocycles. The monoisotopic (exact) mass is 344 g/mol. The Hall–Kier alpha value is -0.490. The third-order valence-electron chi connectivity index (χ3n) is 3.59. The molecule has 1 aromatic carbocycles. The van der Waals surface area contributed by atoms with Crippen LogP contribution in [-0.4, -0.2) is 43.3 Å². The first-order chi connectivity index (χ1) is 9.58. The molecule has 1 aromatic rings. The third-order valence-corrected chi connectivity index (χ3v) is 4.05. The number of benzene rings is 1. The summed E-state index contributed by atoms with van der Waals surface area (Å²) in [4.78, 5) is 2.38. The highest BCUT2D eigenvalue weighted by atomic mass is 79.9. The molecular formula is C15H22BrFN2O. The predicted molar refractivity (Wildman–Crippen MR) is 82.3 cm³/mol. The summed E-state index contributed by atoms with van der Waals surface area (Å²) in [5, 5.41) is 0. The molecule has 112 valence electrons. The van der Waals surface area contributed by atoms with E-state index in [4.69, 9.17) is 10.5 Å². The van der Waals surface area contributed by atoms with Crippen molar-refractivity contribution in [3.63, 3.8) is 0 Å². The number of hydrogen-bond acceptors (Lipinski definition) is 3. The number of hydrogen-bond donors (Lipinski definition) is 1. The Balaban J connectivity index is 1.95. The summed E-state index contributed by atoms with van der Waals surface area (Å²) < 4.78 is 19.9. The summed E-state index contributed by atoms with van der Waals surface area (Å²) in [5.41, 5.74) is 7.15. The van der Waals surface area contributed by atoms with Crippen LogP contribution >= 0.6 is 15.9 Å². The Morgan fingerprint density at radius 3 is 3.00 bits per heavy atom. The second kappa shape index (κ2) is 7.50. The average molecular weight is 345 g/mol. The molecule has 1 fully saturated rings. The van der Waals surface area contributed by atoms with Gasteiger partial charge in [-0.05, 0) is 43.1 Å². The van der Waals surface area contributed by atoms with Crippen molar-refractivity contribution in [3.05, 3.63) is 34.1 Å². The summed E-state index contributed by atoms with van der Waals surface area (Å²) in [6.45, 7) is 5.83.